The molecule has 1 saturated heterocycles. The van der Waals surface area contributed by atoms with Crippen LogP contribution in [0.4, 0.5) is 0 Å². The van der Waals surface area contributed by atoms with Crippen LogP contribution >= 0.6 is 0 Å². The number of hydrogen-bond donors (Lipinski definition) is 0. The fraction of sp³-hybridized carbons (Fsp3) is 1.00. The average Bonchev–Trinajstić information content (AvgIpc) is 2.21. The van der Waals surface area contributed by atoms with Crippen molar-refractivity contribution in [2.45, 2.75) is 71.4 Å². The van der Waals surface area contributed by atoms with Crippen molar-refractivity contribution in [3.05, 3.63) is 0 Å². The first-order valence-electron chi connectivity index (χ1n) is 6.14. The number of nitrogens with zero attached hydrogens (tertiary/aromatic N) is 1. The Morgan fingerprint density at radius 1 is 1.21 bits per heavy atom. The van der Waals surface area contributed by atoms with Crippen molar-refractivity contribution in [1.29, 1.82) is 0 Å². The van der Waals surface area contributed by atoms with Crippen LogP contribution in [-0.2, 0) is 0 Å². The van der Waals surface area contributed by atoms with E-state index >= 15 is 0 Å². The van der Waals surface area contributed by atoms with Crippen LogP contribution in [0.1, 0.15) is 60.3 Å². The van der Waals surface area contributed by atoms with Gasteiger partial charge < -0.3 is 0 Å². The summed E-state index contributed by atoms with van der Waals surface area (Å²) in [5.74, 6) is 0.831. The van der Waals surface area contributed by atoms with E-state index in [1.807, 2.05) is 0 Å². The third kappa shape index (κ3) is 1.60. The van der Waals surface area contributed by atoms with Gasteiger partial charge in [-0.25, -0.2) is 0 Å². The third-order valence-corrected chi connectivity index (χ3v) is 5.23. The van der Waals surface area contributed by atoms with Gasteiger partial charge in [0.2, 0.25) is 0 Å². The molecule has 0 aromatic heterocycles. The molecule has 1 heterocycles. The van der Waals surface area contributed by atoms with Crippen molar-refractivity contribution >= 4 is 0 Å². The Hall–Kier alpha value is -0.0400. The van der Waals surface area contributed by atoms with E-state index in [4.69, 9.17) is 0 Å². The Balaban J connectivity index is 2.94. The number of likely N-dealkylation sites (tertiary alicyclic amines) is 1. The van der Waals surface area contributed by atoms with Crippen molar-refractivity contribution in [1.82, 2.24) is 4.90 Å². The van der Waals surface area contributed by atoms with E-state index in [1.54, 1.807) is 0 Å². The summed E-state index contributed by atoms with van der Waals surface area (Å²) in [6.07, 6.45) is 5.28. The number of hydrogen-bond acceptors (Lipinski definition) is 1. The van der Waals surface area contributed by atoms with Crippen molar-refractivity contribution in [3.63, 3.8) is 0 Å². The second kappa shape index (κ2) is 3.84. The zero-order chi connectivity index (χ0) is 11.0. The van der Waals surface area contributed by atoms with Gasteiger partial charge in [0.15, 0.2) is 0 Å². The van der Waals surface area contributed by atoms with Crippen LogP contribution < -0.4 is 0 Å². The molecule has 14 heavy (non-hydrogen) atoms. The van der Waals surface area contributed by atoms with Gasteiger partial charge in [0, 0.05) is 11.1 Å². The maximum atomic E-state index is 2.65. The molecule has 0 bridgehead atoms. The monoisotopic (exact) mass is 197 g/mol. The largest absolute Gasteiger partial charge is 0.295 e. The predicted octanol–water partition coefficient (Wildman–Crippen LogP) is 3.69. The summed E-state index contributed by atoms with van der Waals surface area (Å²) in [5.41, 5.74) is 0.834. The third-order valence-electron chi connectivity index (χ3n) is 5.23. The van der Waals surface area contributed by atoms with E-state index in [2.05, 4.69) is 46.6 Å². The first kappa shape index (κ1) is 12.0. The van der Waals surface area contributed by atoms with Crippen LogP contribution in [0.3, 0.4) is 0 Å². The lowest BCUT2D eigenvalue weighted by atomic mass is 9.70. The summed E-state index contributed by atoms with van der Waals surface area (Å²) in [5, 5.41) is 0. The SMILES string of the molecule is CCC1(C)CCC(C)C(C)(CC)N1C. The molecule has 1 aliphatic heterocycles. The minimum atomic E-state index is 0.406. The van der Waals surface area contributed by atoms with E-state index in [9.17, 15) is 0 Å². The summed E-state index contributed by atoms with van der Waals surface area (Å²) < 4.78 is 0. The maximum absolute atomic E-state index is 2.65. The van der Waals surface area contributed by atoms with Gasteiger partial charge in [0.1, 0.15) is 0 Å². The van der Waals surface area contributed by atoms with E-state index in [0.717, 1.165) is 5.92 Å². The molecular weight excluding hydrogens is 170 g/mol. The minimum Gasteiger partial charge on any atom is -0.295 e. The zero-order valence-electron chi connectivity index (χ0n) is 10.9. The van der Waals surface area contributed by atoms with E-state index in [-0.39, 0.29) is 0 Å². The molecule has 0 radical (unpaired) electrons. The predicted molar refractivity (Wildman–Crippen MR) is 63.6 cm³/mol. The van der Waals surface area contributed by atoms with Crippen LogP contribution in [0, 0.1) is 5.92 Å². The summed E-state index contributed by atoms with van der Waals surface area (Å²) in [6.45, 7) is 11.9. The van der Waals surface area contributed by atoms with E-state index < -0.39 is 0 Å². The molecule has 1 heteroatoms. The van der Waals surface area contributed by atoms with Crippen molar-refractivity contribution < 1.29 is 0 Å². The number of rotatable bonds is 2. The molecule has 1 rings (SSSR count). The molecule has 1 aliphatic rings. The topological polar surface area (TPSA) is 3.24 Å². The summed E-state index contributed by atoms with van der Waals surface area (Å²) in [6, 6.07) is 0. The lowest BCUT2D eigenvalue weighted by molar-refractivity contribution is -0.0624. The molecule has 0 aromatic rings. The van der Waals surface area contributed by atoms with Gasteiger partial charge in [0.05, 0.1) is 0 Å². The van der Waals surface area contributed by atoms with E-state index in [1.165, 1.54) is 25.7 Å². The van der Waals surface area contributed by atoms with Crippen LogP contribution in [0.15, 0.2) is 0 Å². The Labute approximate surface area is 89.9 Å². The van der Waals surface area contributed by atoms with Crippen molar-refractivity contribution in [2.24, 2.45) is 5.92 Å². The van der Waals surface area contributed by atoms with Crippen LogP contribution in [0.2, 0.25) is 0 Å². The Bertz CT molecular complexity index is 201. The summed E-state index contributed by atoms with van der Waals surface area (Å²) in [4.78, 5) is 2.65. The zero-order valence-corrected chi connectivity index (χ0v) is 10.9. The first-order valence-corrected chi connectivity index (χ1v) is 6.14. The second-order valence-electron chi connectivity index (χ2n) is 5.56. The fourth-order valence-electron chi connectivity index (χ4n) is 2.95. The Morgan fingerprint density at radius 3 is 2.21 bits per heavy atom. The normalized spacial score (nSPS) is 45.4. The first-order chi connectivity index (χ1) is 6.40. The van der Waals surface area contributed by atoms with Gasteiger partial charge in [-0.05, 0) is 52.5 Å². The average molecular weight is 197 g/mol. The van der Waals surface area contributed by atoms with Gasteiger partial charge in [0.25, 0.3) is 0 Å². The van der Waals surface area contributed by atoms with Gasteiger partial charge in [-0.3, -0.25) is 4.90 Å². The highest BCUT2D eigenvalue weighted by Gasteiger charge is 2.45. The van der Waals surface area contributed by atoms with Crippen molar-refractivity contribution in [2.75, 3.05) is 7.05 Å². The van der Waals surface area contributed by atoms with E-state index in [0.29, 0.717) is 11.1 Å². The lowest BCUT2D eigenvalue weighted by Crippen LogP contribution is -2.62. The summed E-state index contributed by atoms with van der Waals surface area (Å²) in [7, 11) is 2.32. The second-order valence-corrected chi connectivity index (χ2v) is 5.56. The lowest BCUT2D eigenvalue weighted by Gasteiger charge is -2.57. The van der Waals surface area contributed by atoms with Crippen LogP contribution in [0.25, 0.3) is 0 Å². The van der Waals surface area contributed by atoms with Gasteiger partial charge >= 0.3 is 0 Å². The Kier molecular flexibility index (Phi) is 3.30. The molecule has 0 saturated carbocycles. The molecule has 3 atom stereocenters. The van der Waals surface area contributed by atoms with Gasteiger partial charge in [-0.1, -0.05) is 20.8 Å². The van der Waals surface area contributed by atoms with Crippen molar-refractivity contribution in [3.8, 4) is 0 Å². The molecule has 3 unspecified atom stereocenters. The highest BCUT2D eigenvalue weighted by Crippen LogP contribution is 2.43. The molecule has 1 fully saturated rings. The standard InChI is InChI=1S/C13H27N/c1-7-12(4)10-9-11(3)13(5,8-2)14(12)6/h11H,7-10H2,1-6H3. The molecule has 1 nitrogen and oxygen atoms in total. The van der Waals surface area contributed by atoms with Crippen LogP contribution in [-0.4, -0.2) is 23.0 Å². The molecule has 0 aliphatic carbocycles. The number of piperidine rings is 1. The quantitative estimate of drug-likeness (QED) is 0.652. The summed E-state index contributed by atoms with van der Waals surface area (Å²) >= 11 is 0. The smallest absolute Gasteiger partial charge is 0.0206 e. The molecular formula is C13H27N. The maximum Gasteiger partial charge on any atom is 0.0206 e. The molecule has 0 aromatic carbocycles. The molecule has 0 amide bonds. The Morgan fingerprint density at radius 2 is 1.79 bits per heavy atom. The van der Waals surface area contributed by atoms with Gasteiger partial charge in [-0.2, -0.15) is 0 Å². The highest BCUT2D eigenvalue weighted by atomic mass is 15.2. The van der Waals surface area contributed by atoms with Gasteiger partial charge in [-0.15, -0.1) is 0 Å². The molecule has 84 valence electrons. The molecule has 0 N–H and O–H groups in total. The minimum absolute atomic E-state index is 0.406. The van der Waals surface area contributed by atoms with Crippen LogP contribution in [0.5, 0.6) is 0 Å². The molecule has 0 spiro atoms. The fourth-order valence-corrected chi connectivity index (χ4v) is 2.95. The highest BCUT2D eigenvalue weighted by molar-refractivity contribution is 5.01.